The summed E-state index contributed by atoms with van der Waals surface area (Å²) in [6.07, 6.45) is 4.77. The summed E-state index contributed by atoms with van der Waals surface area (Å²) in [4.78, 5) is 14.0. The number of rotatable bonds is 4. The lowest BCUT2D eigenvalue weighted by Gasteiger charge is -2.32. The first-order chi connectivity index (χ1) is 10.4. The lowest BCUT2D eigenvalue weighted by atomic mass is 9.85. The monoisotopic (exact) mass is 305 g/mol. The Kier molecular flexibility index (Phi) is 5.29. The molecule has 0 aromatic heterocycles. The largest absolute Gasteiger partial charge is 0.388 e. The first kappa shape index (κ1) is 16.6. The summed E-state index contributed by atoms with van der Waals surface area (Å²) in [5.74, 6) is 0. The van der Waals surface area contributed by atoms with E-state index in [0.717, 1.165) is 42.6 Å². The molecule has 0 radical (unpaired) electrons. The zero-order valence-electron chi connectivity index (χ0n) is 13.8. The van der Waals surface area contributed by atoms with Crippen LogP contribution in [0.4, 0.5) is 16.2 Å². The van der Waals surface area contributed by atoms with Gasteiger partial charge < -0.3 is 20.6 Å². The highest BCUT2D eigenvalue weighted by molar-refractivity contribution is 5.90. The highest BCUT2D eigenvalue weighted by Crippen LogP contribution is 2.27. The van der Waals surface area contributed by atoms with Crippen LogP contribution < -0.4 is 15.5 Å². The number of hydrogen-bond donors (Lipinski definition) is 3. The fourth-order valence-electron chi connectivity index (χ4n) is 2.86. The van der Waals surface area contributed by atoms with Gasteiger partial charge in [-0.3, -0.25) is 0 Å². The Bertz CT molecular complexity index is 523. The average molecular weight is 305 g/mol. The van der Waals surface area contributed by atoms with E-state index in [1.165, 1.54) is 6.42 Å². The van der Waals surface area contributed by atoms with Crippen LogP contribution in [0.2, 0.25) is 0 Å². The lowest BCUT2D eigenvalue weighted by molar-refractivity contribution is 0.00755. The van der Waals surface area contributed by atoms with Gasteiger partial charge in [0.05, 0.1) is 5.60 Å². The van der Waals surface area contributed by atoms with Gasteiger partial charge in [0.15, 0.2) is 0 Å². The molecule has 0 aliphatic heterocycles. The van der Waals surface area contributed by atoms with Gasteiger partial charge in [0, 0.05) is 32.0 Å². The Balaban J connectivity index is 1.89. The average Bonchev–Trinajstić information content (AvgIpc) is 2.48. The predicted octanol–water partition coefficient (Wildman–Crippen LogP) is 2.88. The highest BCUT2D eigenvalue weighted by Gasteiger charge is 2.29. The van der Waals surface area contributed by atoms with Crippen LogP contribution in [0.3, 0.4) is 0 Å². The molecule has 0 heterocycles. The Hall–Kier alpha value is -1.75. The Morgan fingerprint density at radius 3 is 2.55 bits per heavy atom. The van der Waals surface area contributed by atoms with Crippen molar-refractivity contribution < 1.29 is 9.90 Å². The van der Waals surface area contributed by atoms with Gasteiger partial charge in [0.25, 0.3) is 0 Å². The van der Waals surface area contributed by atoms with Crippen molar-refractivity contribution in [3.8, 4) is 0 Å². The number of anilines is 2. The molecule has 1 aliphatic rings. The smallest absolute Gasteiger partial charge is 0.319 e. The number of benzene rings is 1. The second-order valence-corrected chi connectivity index (χ2v) is 6.49. The van der Waals surface area contributed by atoms with Crippen LogP contribution in [-0.4, -0.2) is 37.4 Å². The maximum absolute atomic E-state index is 12.0. The number of carbonyl (C=O) groups excluding carboxylic acids is 1. The number of aryl methyl sites for hydroxylation is 1. The summed E-state index contributed by atoms with van der Waals surface area (Å²) in [7, 11) is 3.97. The number of urea groups is 1. The molecule has 122 valence electrons. The summed E-state index contributed by atoms with van der Waals surface area (Å²) < 4.78 is 0. The molecule has 2 amide bonds. The third-order valence-electron chi connectivity index (χ3n) is 4.34. The Labute approximate surface area is 132 Å². The molecule has 0 atom stereocenters. The van der Waals surface area contributed by atoms with Gasteiger partial charge in [-0.05, 0) is 43.5 Å². The minimum Gasteiger partial charge on any atom is -0.388 e. The van der Waals surface area contributed by atoms with E-state index >= 15 is 0 Å². The molecule has 22 heavy (non-hydrogen) atoms. The van der Waals surface area contributed by atoms with E-state index in [2.05, 4.69) is 10.6 Å². The third-order valence-corrected chi connectivity index (χ3v) is 4.34. The zero-order chi connectivity index (χ0) is 16.2. The summed E-state index contributed by atoms with van der Waals surface area (Å²) in [5, 5.41) is 16.0. The van der Waals surface area contributed by atoms with Crippen molar-refractivity contribution in [1.82, 2.24) is 5.32 Å². The van der Waals surface area contributed by atoms with Gasteiger partial charge in [-0.15, -0.1) is 0 Å². The first-order valence-electron chi connectivity index (χ1n) is 7.95. The van der Waals surface area contributed by atoms with Crippen LogP contribution in [0.15, 0.2) is 18.2 Å². The molecule has 2 rings (SSSR count). The van der Waals surface area contributed by atoms with Crippen LogP contribution >= 0.6 is 0 Å². The van der Waals surface area contributed by atoms with Gasteiger partial charge in [-0.25, -0.2) is 4.79 Å². The van der Waals surface area contributed by atoms with Crippen molar-refractivity contribution in [3.05, 3.63) is 23.8 Å². The standard InChI is InChI=1S/C17H27N3O2/c1-13-11-14(20(2)3)7-8-15(13)19-16(21)18-12-17(22)9-5-4-6-10-17/h7-8,11,22H,4-6,9-10,12H2,1-3H3,(H2,18,19,21). The quantitative estimate of drug-likeness (QED) is 0.801. The van der Waals surface area contributed by atoms with Gasteiger partial charge in [-0.1, -0.05) is 19.3 Å². The molecule has 0 bridgehead atoms. The SMILES string of the molecule is Cc1cc(N(C)C)ccc1NC(=O)NCC1(O)CCCCC1. The van der Waals surface area contributed by atoms with Crippen molar-refractivity contribution in [3.63, 3.8) is 0 Å². The van der Waals surface area contributed by atoms with Crippen LogP contribution in [0, 0.1) is 6.92 Å². The maximum atomic E-state index is 12.0. The second kappa shape index (κ2) is 7.01. The topological polar surface area (TPSA) is 64.6 Å². The van der Waals surface area contributed by atoms with Crippen LogP contribution in [-0.2, 0) is 0 Å². The number of aliphatic hydroxyl groups is 1. The molecule has 1 aliphatic carbocycles. The normalized spacial score (nSPS) is 16.9. The third kappa shape index (κ3) is 4.37. The summed E-state index contributed by atoms with van der Waals surface area (Å²) in [5.41, 5.74) is 2.16. The molecule has 0 spiro atoms. The van der Waals surface area contributed by atoms with E-state index in [4.69, 9.17) is 0 Å². The van der Waals surface area contributed by atoms with Gasteiger partial charge in [0.2, 0.25) is 0 Å². The second-order valence-electron chi connectivity index (χ2n) is 6.49. The minimum absolute atomic E-state index is 0.264. The molecule has 5 nitrogen and oxygen atoms in total. The van der Waals surface area contributed by atoms with E-state index in [1.807, 2.05) is 44.1 Å². The van der Waals surface area contributed by atoms with Crippen molar-refractivity contribution in [2.75, 3.05) is 30.9 Å². The fraction of sp³-hybridized carbons (Fsp3) is 0.588. The zero-order valence-corrected chi connectivity index (χ0v) is 13.8. The van der Waals surface area contributed by atoms with Crippen molar-refractivity contribution >= 4 is 17.4 Å². The van der Waals surface area contributed by atoms with E-state index in [1.54, 1.807) is 0 Å². The fourth-order valence-corrected chi connectivity index (χ4v) is 2.86. The Morgan fingerprint density at radius 2 is 1.95 bits per heavy atom. The molecule has 0 saturated heterocycles. The van der Waals surface area contributed by atoms with Crippen LogP contribution in [0.25, 0.3) is 0 Å². The summed E-state index contributed by atoms with van der Waals surface area (Å²) in [6.45, 7) is 2.28. The molecule has 0 unspecified atom stereocenters. The number of carbonyl (C=O) groups is 1. The summed E-state index contributed by atoms with van der Waals surface area (Å²) >= 11 is 0. The number of hydrogen-bond acceptors (Lipinski definition) is 3. The van der Waals surface area contributed by atoms with E-state index in [-0.39, 0.29) is 6.03 Å². The Morgan fingerprint density at radius 1 is 1.27 bits per heavy atom. The lowest BCUT2D eigenvalue weighted by Crippen LogP contribution is -2.45. The highest BCUT2D eigenvalue weighted by atomic mass is 16.3. The van der Waals surface area contributed by atoms with Crippen molar-refractivity contribution in [2.24, 2.45) is 0 Å². The molecular formula is C17H27N3O2. The number of nitrogens with one attached hydrogen (secondary N) is 2. The molecular weight excluding hydrogens is 278 g/mol. The minimum atomic E-state index is -0.737. The van der Waals surface area contributed by atoms with Gasteiger partial charge in [-0.2, -0.15) is 0 Å². The van der Waals surface area contributed by atoms with E-state index in [0.29, 0.717) is 6.54 Å². The molecule has 1 fully saturated rings. The first-order valence-corrected chi connectivity index (χ1v) is 7.95. The molecule has 1 aromatic rings. The van der Waals surface area contributed by atoms with Crippen molar-refractivity contribution in [1.29, 1.82) is 0 Å². The van der Waals surface area contributed by atoms with Crippen LogP contribution in [0.1, 0.15) is 37.7 Å². The van der Waals surface area contributed by atoms with E-state index < -0.39 is 5.60 Å². The van der Waals surface area contributed by atoms with Crippen LogP contribution in [0.5, 0.6) is 0 Å². The maximum Gasteiger partial charge on any atom is 0.319 e. The number of amides is 2. The molecule has 3 N–H and O–H groups in total. The van der Waals surface area contributed by atoms with E-state index in [9.17, 15) is 9.90 Å². The molecule has 5 heteroatoms. The van der Waals surface area contributed by atoms with Crippen molar-refractivity contribution in [2.45, 2.75) is 44.6 Å². The molecule has 1 saturated carbocycles. The summed E-state index contributed by atoms with van der Waals surface area (Å²) in [6, 6.07) is 5.64. The van der Waals surface area contributed by atoms with Gasteiger partial charge >= 0.3 is 6.03 Å². The molecule has 1 aromatic carbocycles. The predicted molar refractivity (Wildman–Crippen MR) is 90.6 cm³/mol. The van der Waals surface area contributed by atoms with Gasteiger partial charge in [0.1, 0.15) is 0 Å². The number of nitrogens with zero attached hydrogens (tertiary/aromatic N) is 1.